The lowest BCUT2D eigenvalue weighted by atomic mass is 10.3. The van der Waals surface area contributed by atoms with E-state index in [1.54, 1.807) is 0 Å². The van der Waals surface area contributed by atoms with Gasteiger partial charge in [-0.2, -0.15) is 4.39 Å². The number of aromatic nitrogens is 1. The largest absolute Gasteiger partial charge is 0.573 e. The highest BCUT2D eigenvalue weighted by atomic mass is 19.4. The lowest BCUT2D eigenvalue weighted by molar-refractivity contribution is -0.274. The fraction of sp³-hybridized carbons (Fsp3) is 0.143. The van der Waals surface area contributed by atoms with Crippen molar-refractivity contribution in [3.63, 3.8) is 0 Å². The van der Waals surface area contributed by atoms with E-state index in [1.165, 1.54) is 0 Å². The van der Waals surface area contributed by atoms with Gasteiger partial charge in [0.25, 0.3) is 0 Å². The zero-order chi connectivity index (χ0) is 10.8. The fourth-order valence-corrected chi connectivity index (χ4v) is 0.752. The van der Waals surface area contributed by atoms with Crippen LogP contribution in [0.1, 0.15) is 10.4 Å². The van der Waals surface area contributed by atoms with Crippen LogP contribution in [0.25, 0.3) is 0 Å². The number of carbonyl (C=O) groups is 1. The molecule has 0 amide bonds. The van der Waals surface area contributed by atoms with E-state index in [0.29, 0.717) is 0 Å². The molecule has 1 rings (SSSR count). The monoisotopic (exact) mass is 209 g/mol. The van der Waals surface area contributed by atoms with Gasteiger partial charge in [0.05, 0.1) is 0 Å². The van der Waals surface area contributed by atoms with Gasteiger partial charge in [0.15, 0.2) is 6.29 Å². The summed E-state index contributed by atoms with van der Waals surface area (Å²) in [5, 5.41) is 0. The van der Waals surface area contributed by atoms with Gasteiger partial charge >= 0.3 is 6.36 Å². The summed E-state index contributed by atoms with van der Waals surface area (Å²) in [5.41, 5.74) is -0.857. The first-order chi connectivity index (χ1) is 6.44. The maximum atomic E-state index is 12.6. The maximum Gasteiger partial charge on any atom is 0.573 e. The maximum absolute atomic E-state index is 12.6. The van der Waals surface area contributed by atoms with Crippen LogP contribution in [-0.2, 0) is 0 Å². The molecule has 0 N–H and O–H groups in total. The number of aldehydes is 1. The molecule has 0 saturated heterocycles. The highest BCUT2D eigenvalue weighted by Gasteiger charge is 2.32. The summed E-state index contributed by atoms with van der Waals surface area (Å²) >= 11 is 0. The molecule has 14 heavy (non-hydrogen) atoms. The minimum atomic E-state index is -4.97. The number of nitrogens with zero attached hydrogens (tertiary/aromatic N) is 1. The third kappa shape index (κ3) is 2.41. The molecule has 7 heteroatoms. The van der Waals surface area contributed by atoms with E-state index in [9.17, 15) is 22.4 Å². The van der Waals surface area contributed by atoms with E-state index in [4.69, 9.17) is 0 Å². The number of ether oxygens (including phenoxy) is 1. The molecule has 0 unspecified atom stereocenters. The van der Waals surface area contributed by atoms with E-state index in [0.717, 1.165) is 12.3 Å². The van der Waals surface area contributed by atoms with Crippen molar-refractivity contribution in [1.82, 2.24) is 4.98 Å². The Balaban J connectivity index is 3.08. The van der Waals surface area contributed by atoms with E-state index < -0.39 is 23.6 Å². The number of pyridine rings is 1. The summed E-state index contributed by atoms with van der Waals surface area (Å²) < 4.78 is 51.2. The third-order valence-corrected chi connectivity index (χ3v) is 1.25. The molecule has 0 atom stereocenters. The highest BCUT2D eigenvalue weighted by molar-refractivity contribution is 5.78. The van der Waals surface area contributed by atoms with Gasteiger partial charge in [-0.05, 0) is 6.07 Å². The SMILES string of the molecule is O=Cc1c(OC(F)(F)F)ccnc1F. The van der Waals surface area contributed by atoms with Gasteiger partial charge in [-0.15, -0.1) is 13.2 Å². The predicted molar refractivity (Wildman–Crippen MR) is 36.3 cm³/mol. The normalized spacial score (nSPS) is 11.1. The minimum absolute atomic E-state index is 0.0938. The van der Waals surface area contributed by atoms with Crippen molar-refractivity contribution in [3.05, 3.63) is 23.8 Å². The standard InChI is InChI=1S/C7H3F4NO2/c8-6-4(3-13)5(1-2-12-6)14-7(9,10)11/h1-3H. The van der Waals surface area contributed by atoms with Crippen LogP contribution >= 0.6 is 0 Å². The van der Waals surface area contributed by atoms with Crippen LogP contribution in [0.5, 0.6) is 5.75 Å². The smallest absolute Gasteiger partial charge is 0.405 e. The molecule has 0 saturated carbocycles. The number of carbonyl (C=O) groups excluding carboxylic acids is 1. The molecule has 0 fully saturated rings. The Morgan fingerprint density at radius 2 is 2.07 bits per heavy atom. The molecular formula is C7H3F4NO2. The molecule has 0 aliphatic heterocycles. The van der Waals surface area contributed by atoms with E-state index >= 15 is 0 Å². The lowest BCUT2D eigenvalue weighted by Gasteiger charge is -2.09. The van der Waals surface area contributed by atoms with Crippen LogP contribution in [0, 0.1) is 5.95 Å². The van der Waals surface area contributed by atoms with Crippen LogP contribution in [0.3, 0.4) is 0 Å². The molecule has 0 radical (unpaired) electrons. The molecule has 0 aromatic carbocycles. The van der Waals surface area contributed by atoms with Gasteiger partial charge in [0.2, 0.25) is 5.95 Å². The Kier molecular flexibility index (Phi) is 2.68. The molecule has 1 heterocycles. The zero-order valence-electron chi connectivity index (χ0n) is 6.51. The molecule has 3 nitrogen and oxygen atoms in total. The van der Waals surface area contributed by atoms with Crippen LogP contribution in [0.15, 0.2) is 12.3 Å². The summed E-state index contributed by atoms with van der Waals surface area (Å²) in [4.78, 5) is 13.2. The van der Waals surface area contributed by atoms with Crippen molar-refractivity contribution < 1.29 is 27.1 Å². The van der Waals surface area contributed by atoms with Crippen LogP contribution < -0.4 is 4.74 Å². The first-order valence-corrected chi connectivity index (χ1v) is 3.29. The Bertz CT molecular complexity index is 350. The van der Waals surface area contributed by atoms with Crippen molar-refractivity contribution in [3.8, 4) is 5.75 Å². The van der Waals surface area contributed by atoms with Gasteiger partial charge < -0.3 is 4.74 Å². The van der Waals surface area contributed by atoms with E-state index in [2.05, 4.69) is 9.72 Å². The van der Waals surface area contributed by atoms with Crippen molar-refractivity contribution in [2.75, 3.05) is 0 Å². The van der Waals surface area contributed by atoms with E-state index in [1.807, 2.05) is 0 Å². The Morgan fingerprint density at radius 1 is 1.43 bits per heavy atom. The van der Waals surface area contributed by atoms with Crippen molar-refractivity contribution in [2.45, 2.75) is 6.36 Å². The van der Waals surface area contributed by atoms with Gasteiger partial charge in [0, 0.05) is 6.20 Å². The third-order valence-electron chi connectivity index (χ3n) is 1.25. The average Bonchev–Trinajstić information content (AvgIpc) is 2.01. The molecule has 0 aliphatic carbocycles. The minimum Gasteiger partial charge on any atom is -0.405 e. The Labute approximate surface area is 75.3 Å². The molecule has 0 aliphatic rings. The summed E-state index contributed by atoms with van der Waals surface area (Å²) in [6.07, 6.45) is -4.29. The van der Waals surface area contributed by atoms with Crippen molar-refractivity contribution >= 4 is 6.29 Å². The molecule has 1 aromatic heterocycles. The number of rotatable bonds is 2. The molecule has 0 spiro atoms. The van der Waals surface area contributed by atoms with Crippen LogP contribution in [0.4, 0.5) is 17.6 Å². The number of alkyl halides is 3. The highest BCUT2D eigenvalue weighted by Crippen LogP contribution is 2.25. The van der Waals surface area contributed by atoms with Gasteiger partial charge in [-0.25, -0.2) is 4.98 Å². The summed E-state index contributed by atoms with van der Waals surface area (Å²) in [5.74, 6) is -2.21. The molecular weight excluding hydrogens is 206 g/mol. The van der Waals surface area contributed by atoms with E-state index in [-0.39, 0.29) is 6.29 Å². The number of hydrogen-bond acceptors (Lipinski definition) is 3. The van der Waals surface area contributed by atoms with Gasteiger partial charge in [-0.3, -0.25) is 4.79 Å². The fourth-order valence-electron chi connectivity index (χ4n) is 0.752. The second kappa shape index (κ2) is 3.60. The molecule has 1 aromatic rings. The van der Waals surface area contributed by atoms with Crippen LogP contribution in [0.2, 0.25) is 0 Å². The first-order valence-electron chi connectivity index (χ1n) is 3.29. The lowest BCUT2D eigenvalue weighted by Crippen LogP contribution is -2.18. The van der Waals surface area contributed by atoms with Crippen LogP contribution in [-0.4, -0.2) is 17.6 Å². The number of halogens is 4. The topological polar surface area (TPSA) is 39.2 Å². The van der Waals surface area contributed by atoms with Crippen molar-refractivity contribution in [2.24, 2.45) is 0 Å². The molecule has 0 bridgehead atoms. The average molecular weight is 209 g/mol. The quantitative estimate of drug-likeness (QED) is 0.424. The second-order valence-corrected chi connectivity index (χ2v) is 2.18. The summed E-state index contributed by atoms with van der Waals surface area (Å²) in [6, 6.07) is 0.750. The van der Waals surface area contributed by atoms with Gasteiger partial charge in [-0.1, -0.05) is 0 Å². The summed E-state index contributed by atoms with van der Waals surface area (Å²) in [7, 11) is 0. The number of hydrogen-bond donors (Lipinski definition) is 0. The predicted octanol–water partition coefficient (Wildman–Crippen LogP) is 1.93. The molecule has 76 valence electrons. The first kappa shape index (κ1) is 10.4. The zero-order valence-corrected chi connectivity index (χ0v) is 6.51. The Morgan fingerprint density at radius 3 is 2.57 bits per heavy atom. The summed E-state index contributed by atoms with van der Waals surface area (Å²) in [6.45, 7) is 0. The Hall–Kier alpha value is -1.66. The van der Waals surface area contributed by atoms with Crippen molar-refractivity contribution in [1.29, 1.82) is 0 Å². The second-order valence-electron chi connectivity index (χ2n) is 2.18. The van der Waals surface area contributed by atoms with Gasteiger partial charge in [0.1, 0.15) is 11.3 Å².